The molecular formula is C45H61N4O9PSi. The lowest BCUT2D eigenvalue weighted by Gasteiger charge is -2.42. The number of hydrogen-bond donors (Lipinski definition) is 1. The number of benzene rings is 3. The number of nitrogens with one attached hydrogen (secondary N) is 1. The number of H-pyrrole nitrogens is 1. The average Bonchev–Trinajstić information content (AvgIpc) is 3.53. The molecule has 1 fully saturated rings. The smallest absolute Gasteiger partial charge is 0.330 e. The van der Waals surface area contributed by atoms with E-state index in [2.05, 4.69) is 77.3 Å². The van der Waals surface area contributed by atoms with Gasteiger partial charge in [0, 0.05) is 24.3 Å². The van der Waals surface area contributed by atoms with Gasteiger partial charge in [-0.05, 0) is 86.8 Å². The first kappa shape index (κ1) is 46.9. The molecule has 1 saturated heterocycles. The van der Waals surface area contributed by atoms with Gasteiger partial charge in [0.2, 0.25) is 0 Å². The molecule has 324 valence electrons. The number of nitriles is 1. The molecule has 1 aliphatic heterocycles. The van der Waals surface area contributed by atoms with E-state index < -0.39 is 58.2 Å². The Morgan fingerprint density at radius 2 is 1.40 bits per heavy atom. The van der Waals surface area contributed by atoms with Crippen molar-refractivity contribution in [3.05, 3.63) is 129 Å². The molecule has 2 unspecified atom stereocenters. The van der Waals surface area contributed by atoms with Crippen molar-refractivity contribution >= 4 is 16.8 Å². The van der Waals surface area contributed by atoms with Crippen LogP contribution in [0.2, 0.25) is 18.1 Å². The van der Waals surface area contributed by atoms with Gasteiger partial charge in [-0.3, -0.25) is 14.3 Å². The van der Waals surface area contributed by atoms with Crippen LogP contribution in [0.5, 0.6) is 11.5 Å². The summed E-state index contributed by atoms with van der Waals surface area (Å²) in [6, 6.07) is 29.0. The third-order valence-electron chi connectivity index (χ3n) is 11.2. The fraction of sp³-hybridized carbons (Fsp3) is 0.489. The molecule has 0 aliphatic carbocycles. The molecule has 5 atom stereocenters. The molecule has 1 aliphatic rings. The first-order valence-electron chi connectivity index (χ1n) is 20.4. The fourth-order valence-electron chi connectivity index (χ4n) is 7.14. The fourth-order valence-corrected chi connectivity index (χ4v) is 10.2. The zero-order valence-corrected chi connectivity index (χ0v) is 38.6. The molecule has 15 heteroatoms. The summed E-state index contributed by atoms with van der Waals surface area (Å²) in [5, 5.41) is 9.26. The van der Waals surface area contributed by atoms with Crippen LogP contribution in [-0.4, -0.2) is 80.4 Å². The first-order valence-corrected chi connectivity index (χ1v) is 24.4. The summed E-state index contributed by atoms with van der Waals surface area (Å²) in [5.41, 5.74) is 0.119. The molecule has 5 rings (SSSR count). The molecule has 2 heterocycles. The predicted octanol–water partition coefficient (Wildman–Crippen LogP) is 8.51. The Bertz CT molecular complexity index is 2080. The molecule has 0 radical (unpaired) electrons. The minimum Gasteiger partial charge on any atom is -0.497 e. The maximum Gasteiger partial charge on any atom is 0.330 e. The lowest BCUT2D eigenvalue weighted by atomic mass is 9.80. The van der Waals surface area contributed by atoms with E-state index in [9.17, 15) is 14.9 Å². The number of aromatic amines is 1. The van der Waals surface area contributed by atoms with Crippen molar-refractivity contribution in [3.8, 4) is 17.6 Å². The van der Waals surface area contributed by atoms with Crippen molar-refractivity contribution in [3.63, 3.8) is 0 Å². The molecule has 1 aromatic heterocycles. The van der Waals surface area contributed by atoms with E-state index in [1.54, 1.807) is 14.2 Å². The number of ether oxygens (including phenoxy) is 4. The van der Waals surface area contributed by atoms with Gasteiger partial charge in [0.25, 0.3) is 14.1 Å². The van der Waals surface area contributed by atoms with E-state index in [-0.39, 0.29) is 36.8 Å². The first-order chi connectivity index (χ1) is 28.5. The van der Waals surface area contributed by atoms with Crippen LogP contribution in [0.4, 0.5) is 0 Å². The third-order valence-corrected chi connectivity index (χ3v) is 17.8. The van der Waals surface area contributed by atoms with E-state index in [4.69, 9.17) is 32.4 Å². The minimum atomic E-state index is -2.64. The molecule has 0 bridgehead atoms. The zero-order chi connectivity index (χ0) is 43.8. The van der Waals surface area contributed by atoms with Crippen LogP contribution in [0, 0.1) is 11.3 Å². The summed E-state index contributed by atoms with van der Waals surface area (Å²) >= 11 is 0. The van der Waals surface area contributed by atoms with E-state index in [1.807, 2.05) is 78.9 Å². The lowest BCUT2D eigenvalue weighted by molar-refractivity contribution is -0.0943. The van der Waals surface area contributed by atoms with Gasteiger partial charge < -0.3 is 32.4 Å². The van der Waals surface area contributed by atoms with Crippen molar-refractivity contribution in [2.75, 3.05) is 27.4 Å². The Morgan fingerprint density at radius 3 is 1.88 bits per heavy atom. The Balaban J connectivity index is 1.73. The van der Waals surface area contributed by atoms with Crippen LogP contribution in [0.15, 0.2) is 101 Å². The zero-order valence-electron chi connectivity index (χ0n) is 36.7. The normalized spacial score (nSPS) is 19.1. The van der Waals surface area contributed by atoms with Crippen LogP contribution >= 0.6 is 8.53 Å². The highest BCUT2D eigenvalue weighted by molar-refractivity contribution is 7.44. The summed E-state index contributed by atoms with van der Waals surface area (Å²) < 4.78 is 50.0. The monoisotopic (exact) mass is 871 g/mol. The van der Waals surface area contributed by atoms with Gasteiger partial charge in [-0.2, -0.15) is 5.26 Å². The van der Waals surface area contributed by atoms with Crippen molar-refractivity contribution in [1.82, 2.24) is 14.2 Å². The largest absolute Gasteiger partial charge is 0.497 e. The standard InChI is InChI=1S/C45H61N4O9PSi/c1-31(2)49(32(3)4)59(55-29-15-27-46)57-40-38(56-42(48-28-26-39(50)47-43(48)51)41(40)58-60(10,11)44(5,6)7)30-54-45(33-16-13-12-14-17-33,34-18-22-36(52-8)23-19-34)35-20-24-37(53-9)25-21-35/h12-14,16-26,28,31-32,38,40-42H,15,29-30H2,1-11H3,(H,47,50,51)/t38-,40?,41+,42-,59?/m1/s1/i26+1,28+1,30+1,38+1,39+1,40+1,41+1,42+1,43+1,47+1,48+1. The van der Waals surface area contributed by atoms with E-state index in [1.165, 1.54) is 16.8 Å². The average molecular weight is 872 g/mol. The molecule has 0 saturated carbocycles. The molecule has 1 N–H and O–H groups in total. The summed E-state index contributed by atoms with van der Waals surface area (Å²) in [6.45, 7) is 19.1. The Morgan fingerprint density at radius 1 is 0.850 bits per heavy atom. The highest BCUT2D eigenvalue weighted by Crippen LogP contribution is 2.52. The maximum atomic E-state index is 13.6. The highest BCUT2D eigenvalue weighted by Gasteiger charge is 2.54. The van der Waals surface area contributed by atoms with E-state index in [0.29, 0.717) is 11.5 Å². The number of hydrogen-bond acceptors (Lipinski definition) is 11. The predicted molar refractivity (Wildman–Crippen MR) is 236 cm³/mol. The topological polar surface area (TPSA) is 147 Å². The van der Waals surface area contributed by atoms with Crippen molar-refractivity contribution < 1.29 is 32.4 Å². The van der Waals surface area contributed by atoms with Gasteiger partial charge >= 0.3 is 5.69 Å². The van der Waals surface area contributed by atoms with Crippen molar-refractivity contribution in [2.45, 2.75) is 115 Å². The van der Waals surface area contributed by atoms with Crippen LogP contribution in [0.1, 0.15) is 77.8 Å². The third kappa shape index (κ3) is 10.5. The van der Waals surface area contributed by atoms with Crippen LogP contribution in [0.25, 0.3) is 0 Å². The Hall–Kier alpha value is -4.16. The molecular weight excluding hydrogens is 810 g/mol. The van der Waals surface area contributed by atoms with Crippen LogP contribution in [-0.2, 0) is 28.5 Å². The number of rotatable bonds is 19. The molecule has 60 heavy (non-hydrogen) atoms. The molecule has 3 aromatic carbocycles. The summed E-state index contributed by atoms with van der Waals surface area (Å²) in [6.07, 6.45) is -2.01. The quantitative estimate of drug-likeness (QED) is 0.0318. The SMILES string of the molecule is COc1ccc(C(O[13CH2][13C@H]2O[13C@@H]([15n]3[13cH][13cH][13c](=O)[15nH][13c]3=O)[13C@@H](O[Si](C)(C)C(C)(C)C)[13CH]2OP(OCCC#N)N(C(C)C)C(C)C)(c2ccccc2)c2ccc(OC)cc2)cc1. The second-order valence-electron chi connectivity index (χ2n) is 16.9. The molecule has 0 amide bonds. The number of aromatic nitrogens is 2. The molecule has 13 nitrogen and oxygen atoms in total. The van der Waals surface area contributed by atoms with Gasteiger partial charge in [-0.1, -0.05) is 75.4 Å². The summed E-state index contributed by atoms with van der Waals surface area (Å²) in [7, 11) is -1.20. The van der Waals surface area contributed by atoms with Gasteiger partial charge in [0.05, 0.1) is 39.9 Å². The number of methoxy groups -OCH3 is 2. The number of nitrogens with zero attached hydrogens (tertiary/aromatic N) is 3. The minimum absolute atomic E-state index is 0.00321. The van der Waals surface area contributed by atoms with Crippen molar-refractivity contribution in [2.24, 2.45) is 0 Å². The second kappa shape index (κ2) is 20.1. The summed E-state index contributed by atoms with van der Waals surface area (Å²) in [4.78, 5) is 28.4. The van der Waals surface area contributed by atoms with Crippen LogP contribution < -0.4 is 20.7 Å². The van der Waals surface area contributed by atoms with Gasteiger partial charge in [0.1, 0.15) is 35.4 Å². The summed E-state index contributed by atoms with van der Waals surface area (Å²) in [5.74, 6) is 1.37. The van der Waals surface area contributed by atoms with Gasteiger partial charge in [-0.25, -0.2) is 9.46 Å². The van der Waals surface area contributed by atoms with Gasteiger partial charge in [-0.15, -0.1) is 0 Å². The van der Waals surface area contributed by atoms with E-state index >= 15 is 0 Å². The highest BCUT2D eigenvalue weighted by atomic mass is 31.2. The molecule has 0 spiro atoms. The Labute approximate surface area is 356 Å². The lowest BCUT2D eigenvalue weighted by Crippen LogP contribution is -2.50. The van der Waals surface area contributed by atoms with Crippen LogP contribution in [0.3, 0.4) is 0 Å². The molecule has 4 aromatic rings. The van der Waals surface area contributed by atoms with Crippen molar-refractivity contribution in [1.29, 1.82) is 5.26 Å². The Kier molecular flexibility index (Phi) is 15.7. The second-order valence-corrected chi connectivity index (χ2v) is 23.0. The van der Waals surface area contributed by atoms with E-state index in [0.717, 1.165) is 16.7 Å². The maximum absolute atomic E-state index is 13.6. The van der Waals surface area contributed by atoms with Gasteiger partial charge in [0.15, 0.2) is 14.5 Å².